The van der Waals surface area contributed by atoms with Gasteiger partial charge in [0, 0.05) is 58.0 Å². The average molecular weight is 606 g/mol. The van der Waals surface area contributed by atoms with E-state index in [0.29, 0.717) is 26.2 Å². The van der Waals surface area contributed by atoms with Gasteiger partial charge in [-0.25, -0.2) is 21.2 Å². The highest BCUT2D eigenvalue weighted by molar-refractivity contribution is 9.10. The highest BCUT2D eigenvalue weighted by atomic mass is 79.9. The molecule has 0 saturated carbocycles. The van der Waals surface area contributed by atoms with E-state index in [1.54, 1.807) is 43.3 Å². The third-order valence-electron chi connectivity index (χ3n) is 6.25. The fourth-order valence-electron chi connectivity index (χ4n) is 4.15. The number of carbonyl (C=O) groups excluding carboxylic acids is 1. The zero-order valence-electron chi connectivity index (χ0n) is 18.7. The third kappa shape index (κ3) is 5.34. The first-order valence-electron chi connectivity index (χ1n) is 10.8. The second-order valence-electron chi connectivity index (χ2n) is 8.68. The van der Waals surface area contributed by atoms with Gasteiger partial charge in [-0.2, -0.15) is 4.31 Å². The van der Waals surface area contributed by atoms with Crippen molar-refractivity contribution in [2.45, 2.75) is 36.4 Å². The Morgan fingerprint density at radius 3 is 2.40 bits per heavy atom. The van der Waals surface area contributed by atoms with E-state index in [-0.39, 0.29) is 36.6 Å². The number of halogens is 3. The number of benzene rings is 2. The number of sulfonamides is 1. The van der Waals surface area contributed by atoms with Crippen molar-refractivity contribution < 1.29 is 26.0 Å². The van der Waals surface area contributed by atoms with E-state index in [1.165, 1.54) is 10.4 Å². The van der Waals surface area contributed by atoms with E-state index in [9.17, 15) is 21.6 Å². The maximum absolute atomic E-state index is 15.5. The van der Waals surface area contributed by atoms with Gasteiger partial charge in [-0.15, -0.1) is 0 Å². The molecule has 1 saturated heterocycles. The van der Waals surface area contributed by atoms with Crippen LogP contribution in [0.25, 0.3) is 11.1 Å². The predicted octanol–water partition coefficient (Wildman–Crippen LogP) is 4.08. The lowest BCUT2D eigenvalue weighted by Gasteiger charge is -2.36. The summed E-state index contributed by atoms with van der Waals surface area (Å²) >= 11 is 9.70. The van der Waals surface area contributed by atoms with Crippen LogP contribution in [0.5, 0.6) is 0 Å². The molecule has 0 spiro atoms. The molecule has 35 heavy (non-hydrogen) atoms. The second-order valence-corrected chi connectivity index (χ2v) is 13.8. The molecule has 7 nitrogen and oxygen atoms in total. The summed E-state index contributed by atoms with van der Waals surface area (Å²) in [4.78, 5) is 12.7. The lowest BCUT2D eigenvalue weighted by Crippen LogP contribution is -2.54. The van der Waals surface area contributed by atoms with Crippen LogP contribution in [0.3, 0.4) is 0 Å². The Hall–Kier alpha value is -1.79. The molecular formula is C23H23BrClFN2O5S2. The van der Waals surface area contributed by atoms with Crippen molar-refractivity contribution >= 4 is 53.3 Å². The average Bonchev–Trinajstić information content (AvgIpc) is 2.77. The normalized spacial score (nSPS) is 20.4. The summed E-state index contributed by atoms with van der Waals surface area (Å²) in [6.07, 6.45) is -0.639. The van der Waals surface area contributed by atoms with Crippen LogP contribution in [0.2, 0.25) is 5.02 Å². The van der Waals surface area contributed by atoms with Gasteiger partial charge in [0.25, 0.3) is 5.91 Å². The minimum Gasteiger partial charge on any atom is -0.347 e. The van der Waals surface area contributed by atoms with E-state index in [1.807, 2.05) is 0 Å². The van der Waals surface area contributed by atoms with Crippen molar-refractivity contribution in [2.75, 3.05) is 18.8 Å². The Morgan fingerprint density at radius 1 is 1.17 bits per heavy atom. The minimum atomic E-state index is -4.01. The Balaban J connectivity index is 1.52. The monoisotopic (exact) mass is 604 g/mol. The van der Waals surface area contributed by atoms with Crippen LogP contribution in [0.4, 0.5) is 4.39 Å². The number of sulfone groups is 1. The van der Waals surface area contributed by atoms with Gasteiger partial charge >= 0.3 is 0 Å². The standard InChI is InChI=1S/C23H23BrClFN2O5S2/c1-15(16-13-34(30,31)14-16)27-22(29)23(26)8-10-28(11-9-23)35(32,33)21-7-6-17(24)12-19(21)18-4-2-3-5-20(18)25/h2-7,12-13,15H,8-11,14H2,1H3,(H,27,29)/t15-/m1/s1. The topological polar surface area (TPSA) is 101 Å². The minimum absolute atomic E-state index is 0.0383. The number of hydrogen-bond donors (Lipinski definition) is 1. The summed E-state index contributed by atoms with van der Waals surface area (Å²) < 4.78 is 67.0. The maximum Gasteiger partial charge on any atom is 0.258 e. The summed E-state index contributed by atoms with van der Waals surface area (Å²) in [5.74, 6) is -1.03. The predicted molar refractivity (Wildman–Crippen MR) is 136 cm³/mol. The van der Waals surface area contributed by atoms with E-state index in [2.05, 4.69) is 21.2 Å². The molecule has 1 N–H and O–H groups in total. The van der Waals surface area contributed by atoms with Crippen LogP contribution in [-0.4, -0.2) is 57.6 Å². The van der Waals surface area contributed by atoms with Crippen molar-refractivity contribution in [3.05, 3.63) is 62.9 Å². The first kappa shape index (κ1) is 26.3. The van der Waals surface area contributed by atoms with Gasteiger partial charge in [-0.1, -0.05) is 45.7 Å². The van der Waals surface area contributed by atoms with Crippen molar-refractivity contribution in [3.8, 4) is 11.1 Å². The number of rotatable bonds is 6. The molecule has 1 atom stereocenters. The van der Waals surface area contributed by atoms with E-state index in [0.717, 1.165) is 5.41 Å². The number of nitrogens with one attached hydrogen (secondary N) is 1. The molecule has 0 unspecified atom stereocenters. The lowest BCUT2D eigenvalue weighted by atomic mass is 9.93. The molecule has 0 aromatic heterocycles. The number of piperidine rings is 1. The fraction of sp³-hybridized carbons (Fsp3) is 0.348. The smallest absolute Gasteiger partial charge is 0.258 e. The van der Waals surface area contributed by atoms with Gasteiger partial charge in [0.2, 0.25) is 10.0 Å². The first-order valence-corrected chi connectivity index (χ1v) is 15.1. The molecular weight excluding hydrogens is 583 g/mol. The van der Waals surface area contributed by atoms with Gasteiger partial charge in [-0.05, 0) is 36.8 Å². The van der Waals surface area contributed by atoms with E-state index in [4.69, 9.17) is 11.6 Å². The number of amides is 1. The molecule has 2 heterocycles. The zero-order valence-corrected chi connectivity index (χ0v) is 22.6. The van der Waals surface area contributed by atoms with Gasteiger partial charge in [-0.3, -0.25) is 4.79 Å². The Kier molecular flexibility index (Phi) is 7.20. The van der Waals surface area contributed by atoms with Crippen LogP contribution in [-0.2, 0) is 24.7 Å². The summed E-state index contributed by atoms with van der Waals surface area (Å²) in [5.41, 5.74) is -0.789. The van der Waals surface area contributed by atoms with Crippen molar-refractivity contribution in [1.29, 1.82) is 0 Å². The highest BCUT2D eigenvalue weighted by Crippen LogP contribution is 2.38. The van der Waals surface area contributed by atoms with Gasteiger partial charge in [0.05, 0.1) is 10.6 Å². The van der Waals surface area contributed by atoms with Crippen LogP contribution < -0.4 is 5.32 Å². The van der Waals surface area contributed by atoms with Crippen molar-refractivity contribution in [3.63, 3.8) is 0 Å². The van der Waals surface area contributed by atoms with Crippen LogP contribution in [0.1, 0.15) is 19.8 Å². The Morgan fingerprint density at radius 2 is 1.80 bits per heavy atom. The fourth-order valence-corrected chi connectivity index (χ4v) is 7.71. The number of nitrogens with zero attached hydrogens (tertiary/aromatic N) is 1. The van der Waals surface area contributed by atoms with Crippen LogP contribution in [0, 0.1) is 0 Å². The highest BCUT2D eigenvalue weighted by Gasteiger charge is 2.45. The number of carbonyl (C=O) groups is 1. The van der Waals surface area contributed by atoms with Crippen LogP contribution in [0.15, 0.2) is 62.8 Å². The van der Waals surface area contributed by atoms with Gasteiger partial charge in [0.1, 0.15) is 0 Å². The molecule has 2 aliphatic heterocycles. The third-order valence-corrected chi connectivity index (χ3v) is 10.4. The Labute approximate surface area is 217 Å². The molecule has 12 heteroatoms. The molecule has 2 aliphatic rings. The van der Waals surface area contributed by atoms with Crippen molar-refractivity contribution in [1.82, 2.24) is 9.62 Å². The molecule has 0 radical (unpaired) electrons. The Bertz CT molecular complexity index is 1420. The largest absolute Gasteiger partial charge is 0.347 e. The number of alkyl halides is 1. The number of hydrogen-bond acceptors (Lipinski definition) is 5. The zero-order chi connectivity index (χ0) is 25.6. The molecule has 188 valence electrons. The molecule has 2 aromatic carbocycles. The second kappa shape index (κ2) is 9.59. The van der Waals surface area contributed by atoms with Gasteiger partial charge in [0.15, 0.2) is 15.5 Å². The maximum atomic E-state index is 15.5. The summed E-state index contributed by atoms with van der Waals surface area (Å²) in [6, 6.07) is 11.0. The van der Waals surface area contributed by atoms with Gasteiger partial charge < -0.3 is 5.32 Å². The van der Waals surface area contributed by atoms with Crippen molar-refractivity contribution in [2.24, 2.45) is 0 Å². The summed E-state index contributed by atoms with van der Waals surface area (Å²) in [6.45, 7) is 1.22. The van der Waals surface area contributed by atoms with Crippen LogP contribution >= 0.6 is 27.5 Å². The molecule has 1 amide bonds. The SMILES string of the molecule is C[C@@H](NC(=O)C1(F)CCN(S(=O)(=O)c2ccc(Br)cc2-c2ccccc2Cl)CC1)C1=CS(=O)(=O)C1. The molecule has 0 aliphatic carbocycles. The van der Waals surface area contributed by atoms with E-state index >= 15 is 4.39 Å². The molecule has 0 bridgehead atoms. The lowest BCUT2D eigenvalue weighted by molar-refractivity contribution is -0.135. The molecule has 2 aromatic rings. The quantitative estimate of drug-likeness (QED) is 0.535. The summed E-state index contributed by atoms with van der Waals surface area (Å²) in [7, 11) is -7.24. The molecule has 4 rings (SSSR count). The molecule has 1 fully saturated rings. The van der Waals surface area contributed by atoms with E-state index < -0.39 is 37.5 Å². The summed E-state index contributed by atoms with van der Waals surface area (Å²) in [5, 5.41) is 3.99. The first-order chi connectivity index (χ1) is 16.3.